The molecular formula is C34H33FIN7O4S2. The van der Waals surface area contributed by atoms with Gasteiger partial charge in [0.25, 0.3) is 0 Å². The lowest BCUT2D eigenvalue weighted by atomic mass is 10.0. The molecule has 0 saturated carbocycles. The predicted octanol–water partition coefficient (Wildman–Crippen LogP) is 6.91. The topological polar surface area (TPSA) is 137 Å². The van der Waals surface area contributed by atoms with Crippen LogP contribution < -0.4 is 15.0 Å². The van der Waals surface area contributed by atoms with Crippen molar-refractivity contribution in [2.45, 2.75) is 39.0 Å². The van der Waals surface area contributed by atoms with Gasteiger partial charge in [-0.25, -0.2) is 22.3 Å². The fraction of sp³-hybridized carbons (Fsp3) is 0.324. The molecule has 0 spiro atoms. The molecule has 254 valence electrons. The van der Waals surface area contributed by atoms with Crippen molar-refractivity contribution in [3.05, 3.63) is 75.5 Å². The number of ether oxygens (including phenoxy) is 1. The van der Waals surface area contributed by atoms with E-state index in [0.717, 1.165) is 45.9 Å². The molecule has 3 aromatic heterocycles. The number of aryl methyl sites for hydroxylation is 1. The SMILES string of the molecule is Cc1c(Nc2nc3ccccc3s2)nnc2c1CCCN2c1nc(C(=O)O)c(CCCOc2ccc(C#CCN(I)CCCO)cc2F)s1. The number of hydrogen-bond acceptors (Lipinski definition) is 12. The van der Waals surface area contributed by atoms with Gasteiger partial charge in [0.15, 0.2) is 39.2 Å². The number of nitrogens with one attached hydrogen (secondary N) is 1. The summed E-state index contributed by atoms with van der Waals surface area (Å²) in [6.07, 6.45) is 3.21. The number of carboxylic acid groups (broad SMARTS) is 1. The number of aliphatic hydroxyl groups is 1. The van der Waals surface area contributed by atoms with Crippen molar-refractivity contribution in [2.24, 2.45) is 0 Å². The highest BCUT2D eigenvalue weighted by Crippen LogP contribution is 2.39. The zero-order chi connectivity index (χ0) is 34.3. The number of carboxylic acids is 1. The normalized spacial score (nSPS) is 12.6. The van der Waals surface area contributed by atoms with Gasteiger partial charge in [-0.15, -0.1) is 21.5 Å². The largest absolute Gasteiger partial charge is 0.491 e. The molecule has 0 atom stereocenters. The summed E-state index contributed by atoms with van der Waals surface area (Å²) in [5.41, 5.74) is 3.47. The summed E-state index contributed by atoms with van der Waals surface area (Å²) in [5.74, 6) is 5.77. The molecule has 15 heteroatoms. The minimum absolute atomic E-state index is 0.00136. The summed E-state index contributed by atoms with van der Waals surface area (Å²) in [4.78, 5) is 23.9. The highest BCUT2D eigenvalue weighted by molar-refractivity contribution is 14.1. The molecule has 11 nitrogen and oxygen atoms in total. The van der Waals surface area contributed by atoms with Crippen LogP contribution in [0, 0.1) is 24.6 Å². The first-order valence-electron chi connectivity index (χ1n) is 15.7. The Morgan fingerprint density at radius 3 is 2.84 bits per heavy atom. The fourth-order valence-corrected chi connectivity index (χ4v) is 7.86. The maximum atomic E-state index is 14.7. The number of halogens is 2. The van der Waals surface area contributed by atoms with Crippen LogP contribution >= 0.6 is 45.5 Å². The van der Waals surface area contributed by atoms with Crippen LogP contribution in [0.25, 0.3) is 10.2 Å². The van der Waals surface area contributed by atoms with Gasteiger partial charge in [0.1, 0.15) is 0 Å². The number of aromatic nitrogens is 4. The minimum Gasteiger partial charge on any atom is -0.491 e. The summed E-state index contributed by atoms with van der Waals surface area (Å²) >= 11 is 5.02. The van der Waals surface area contributed by atoms with E-state index in [4.69, 9.17) is 9.84 Å². The van der Waals surface area contributed by atoms with E-state index in [2.05, 4.69) is 60.2 Å². The molecular weight excluding hydrogens is 780 g/mol. The molecule has 0 bridgehead atoms. The maximum Gasteiger partial charge on any atom is 0.355 e. The number of anilines is 4. The van der Waals surface area contributed by atoms with Gasteiger partial charge in [-0.05, 0) is 69.4 Å². The van der Waals surface area contributed by atoms with E-state index in [9.17, 15) is 14.3 Å². The molecule has 0 unspecified atom stereocenters. The zero-order valence-corrected chi connectivity index (χ0v) is 30.4. The fourth-order valence-electron chi connectivity index (χ4n) is 5.36. The monoisotopic (exact) mass is 813 g/mol. The van der Waals surface area contributed by atoms with Crippen molar-refractivity contribution in [2.75, 3.05) is 43.1 Å². The lowest BCUT2D eigenvalue weighted by Crippen LogP contribution is -2.27. The molecule has 3 N–H and O–H groups in total. The molecule has 0 fully saturated rings. The van der Waals surface area contributed by atoms with E-state index < -0.39 is 11.8 Å². The van der Waals surface area contributed by atoms with Crippen molar-refractivity contribution in [1.82, 2.24) is 23.3 Å². The molecule has 49 heavy (non-hydrogen) atoms. The van der Waals surface area contributed by atoms with E-state index in [1.54, 1.807) is 23.5 Å². The number of hydrogen-bond donors (Lipinski definition) is 3. The highest BCUT2D eigenvalue weighted by Gasteiger charge is 2.28. The maximum absolute atomic E-state index is 14.7. The predicted molar refractivity (Wildman–Crippen MR) is 198 cm³/mol. The standard InChI is InChI=1S/C34H33FIN7O4S2/c1-21-23-9-5-17-43(31(23)41-40-30(21)39-33-37-25-10-2-3-11-27(25)48-33)34-38-29(32(45)46)28(49-34)12-6-19-47-26-14-13-22(20-24(26)35)8-4-15-42(36)16-7-18-44/h2-3,10-11,13-14,20,44H,5-7,9,12,15-19H2,1H3,(H,45,46)(H,37,39,40). The van der Waals surface area contributed by atoms with E-state index in [0.29, 0.717) is 59.6 Å². The second kappa shape index (κ2) is 16.2. The average molecular weight is 814 g/mol. The Bertz CT molecular complexity index is 2000. The highest BCUT2D eigenvalue weighted by atomic mass is 127. The number of para-hydroxylation sites is 1. The molecule has 0 radical (unpaired) electrons. The van der Waals surface area contributed by atoms with E-state index in [1.807, 2.05) is 39.2 Å². The number of fused-ring (bicyclic) bond motifs is 2. The van der Waals surface area contributed by atoms with Gasteiger partial charge in [-0.3, -0.25) is 0 Å². The molecule has 0 saturated heterocycles. The molecule has 1 aliphatic heterocycles. The number of aliphatic hydroxyl groups excluding tert-OH is 1. The van der Waals surface area contributed by atoms with Crippen LogP contribution in [0.5, 0.6) is 5.75 Å². The molecule has 0 amide bonds. The van der Waals surface area contributed by atoms with Crippen LogP contribution in [-0.2, 0) is 12.8 Å². The molecule has 2 aromatic carbocycles. The second-order valence-corrected chi connectivity index (χ2v) is 14.7. The van der Waals surface area contributed by atoms with Gasteiger partial charge in [0.2, 0.25) is 0 Å². The first kappa shape index (κ1) is 34.9. The smallest absolute Gasteiger partial charge is 0.355 e. The van der Waals surface area contributed by atoms with Crippen LogP contribution in [0.4, 0.5) is 26.3 Å². The van der Waals surface area contributed by atoms with Crippen LogP contribution in [0.1, 0.15) is 51.3 Å². The quantitative estimate of drug-likeness (QED) is 0.0495. The number of nitrogens with zero attached hydrogens (tertiary/aromatic N) is 6. The Labute approximate surface area is 304 Å². The molecule has 4 heterocycles. The lowest BCUT2D eigenvalue weighted by molar-refractivity contribution is 0.0690. The molecule has 6 rings (SSSR count). The zero-order valence-electron chi connectivity index (χ0n) is 26.6. The van der Waals surface area contributed by atoms with Crippen molar-refractivity contribution in [3.63, 3.8) is 0 Å². The van der Waals surface area contributed by atoms with Crippen LogP contribution in [0.15, 0.2) is 42.5 Å². The van der Waals surface area contributed by atoms with Gasteiger partial charge in [-0.1, -0.05) is 35.3 Å². The van der Waals surface area contributed by atoms with Gasteiger partial charge < -0.3 is 25.2 Å². The van der Waals surface area contributed by atoms with Gasteiger partial charge >= 0.3 is 5.97 Å². The third-order valence-corrected chi connectivity index (χ3v) is 10.7. The Kier molecular flexibility index (Phi) is 11.5. The van der Waals surface area contributed by atoms with E-state index >= 15 is 0 Å². The summed E-state index contributed by atoms with van der Waals surface area (Å²) < 4.78 is 23.5. The third-order valence-electron chi connectivity index (χ3n) is 7.81. The summed E-state index contributed by atoms with van der Waals surface area (Å²) in [6, 6.07) is 12.5. The Morgan fingerprint density at radius 2 is 2.04 bits per heavy atom. The number of carbonyl (C=O) groups is 1. The summed E-state index contributed by atoms with van der Waals surface area (Å²) in [6.45, 7) is 4.19. The lowest BCUT2D eigenvalue weighted by Gasteiger charge is -2.28. The average Bonchev–Trinajstić information content (AvgIpc) is 3.72. The first-order valence-corrected chi connectivity index (χ1v) is 18.3. The second-order valence-electron chi connectivity index (χ2n) is 11.2. The molecule has 0 aliphatic carbocycles. The van der Waals surface area contributed by atoms with Crippen molar-refractivity contribution < 1.29 is 24.1 Å². The van der Waals surface area contributed by atoms with Crippen molar-refractivity contribution >= 4 is 83.6 Å². The minimum atomic E-state index is -1.10. The van der Waals surface area contributed by atoms with Crippen molar-refractivity contribution in [1.29, 1.82) is 0 Å². The third kappa shape index (κ3) is 8.44. The Hall–Kier alpha value is -3.95. The number of rotatable bonds is 13. The number of thiazole rings is 2. The van der Waals surface area contributed by atoms with Crippen LogP contribution in [-0.4, -0.2) is 72.3 Å². The van der Waals surface area contributed by atoms with E-state index in [-0.39, 0.29) is 24.7 Å². The van der Waals surface area contributed by atoms with Crippen LogP contribution in [0.3, 0.4) is 0 Å². The van der Waals surface area contributed by atoms with Gasteiger partial charge in [-0.2, -0.15) is 0 Å². The Morgan fingerprint density at radius 1 is 1.18 bits per heavy atom. The summed E-state index contributed by atoms with van der Waals surface area (Å²) in [5, 5.41) is 32.6. The first-order chi connectivity index (χ1) is 23.8. The van der Waals surface area contributed by atoms with E-state index in [1.165, 1.54) is 17.4 Å². The molecule has 1 aliphatic rings. The van der Waals surface area contributed by atoms with Crippen molar-refractivity contribution in [3.8, 4) is 17.6 Å². The number of benzene rings is 2. The molecule has 5 aromatic rings. The van der Waals surface area contributed by atoms with Gasteiger partial charge in [0, 0.05) is 64.1 Å². The van der Waals surface area contributed by atoms with Crippen LogP contribution in [0.2, 0.25) is 0 Å². The number of aromatic carboxylic acids is 1. The van der Waals surface area contributed by atoms with Gasteiger partial charge in [0.05, 0.1) is 23.4 Å². The summed E-state index contributed by atoms with van der Waals surface area (Å²) in [7, 11) is 0. The Balaban J connectivity index is 1.09.